The fourth-order valence-corrected chi connectivity index (χ4v) is 5.39. The minimum atomic E-state index is 0.699. The Balaban J connectivity index is 1.34. The van der Waals surface area contributed by atoms with Crippen LogP contribution in [0.5, 0.6) is 0 Å². The summed E-state index contributed by atoms with van der Waals surface area (Å²) in [5.74, 6) is 0.986. The zero-order chi connectivity index (χ0) is 17.9. The smallest absolute Gasteiger partial charge is 0.00385 e. The van der Waals surface area contributed by atoms with Crippen LogP contribution in [0.2, 0.25) is 0 Å². The van der Waals surface area contributed by atoms with E-state index in [0.29, 0.717) is 5.41 Å². The van der Waals surface area contributed by atoms with Crippen molar-refractivity contribution in [3.05, 3.63) is 0 Å². The predicted molar refractivity (Wildman–Crippen MR) is 108 cm³/mol. The Labute approximate surface area is 157 Å². The molecule has 3 rings (SSSR count). The van der Waals surface area contributed by atoms with E-state index < -0.39 is 0 Å². The van der Waals surface area contributed by atoms with Crippen LogP contribution in [0.25, 0.3) is 0 Å². The van der Waals surface area contributed by atoms with E-state index in [1.54, 1.807) is 0 Å². The Bertz CT molecular complexity index is 377. The standard InChI is InChI=1S/C22H43N3/c1-19(2)24-13-6-21(7-14-24)5-12-23-15-8-22(9-16-23)10-17-25(18-11-22)20(3)4/h19-21H,5-18H2,1-4H3. The second-order valence-electron chi connectivity index (χ2n) is 9.83. The first-order valence-corrected chi connectivity index (χ1v) is 11.2. The van der Waals surface area contributed by atoms with Crippen LogP contribution >= 0.6 is 0 Å². The maximum atomic E-state index is 2.79. The Morgan fingerprint density at radius 2 is 1.20 bits per heavy atom. The van der Waals surface area contributed by atoms with Gasteiger partial charge in [-0.15, -0.1) is 0 Å². The van der Waals surface area contributed by atoms with Crippen LogP contribution in [-0.4, -0.2) is 72.6 Å². The molecule has 0 aromatic heterocycles. The lowest BCUT2D eigenvalue weighted by Crippen LogP contribution is -2.48. The lowest BCUT2D eigenvalue weighted by molar-refractivity contribution is 0.0226. The quantitative estimate of drug-likeness (QED) is 0.740. The van der Waals surface area contributed by atoms with Gasteiger partial charge in [-0.2, -0.15) is 0 Å². The highest BCUT2D eigenvalue weighted by Gasteiger charge is 2.37. The minimum Gasteiger partial charge on any atom is -0.303 e. The molecule has 1 spiro atoms. The summed E-state index contributed by atoms with van der Waals surface area (Å²) in [5.41, 5.74) is 0.699. The third-order valence-electron chi connectivity index (χ3n) is 7.74. The molecule has 0 unspecified atom stereocenters. The minimum absolute atomic E-state index is 0.699. The van der Waals surface area contributed by atoms with Crippen molar-refractivity contribution in [3.63, 3.8) is 0 Å². The van der Waals surface area contributed by atoms with Gasteiger partial charge >= 0.3 is 0 Å². The van der Waals surface area contributed by atoms with Gasteiger partial charge in [0.1, 0.15) is 0 Å². The zero-order valence-corrected chi connectivity index (χ0v) is 17.5. The van der Waals surface area contributed by atoms with Crippen LogP contribution in [0, 0.1) is 11.3 Å². The number of rotatable bonds is 5. The third kappa shape index (κ3) is 5.20. The van der Waals surface area contributed by atoms with Crippen LogP contribution in [0.1, 0.15) is 72.6 Å². The SMILES string of the molecule is CC(C)N1CCC(CCN2CCC3(CC2)CCN(C(C)C)CC3)CC1. The average Bonchev–Trinajstić information content (AvgIpc) is 2.62. The molecule has 3 heteroatoms. The van der Waals surface area contributed by atoms with E-state index in [1.165, 1.54) is 90.8 Å². The lowest BCUT2D eigenvalue weighted by atomic mass is 9.71. The normalized spacial score (nSPS) is 27.6. The van der Waals surface area contributed by atoms with Gasteiger partial charge in [0.05, 0.1) is 0 Å². The molecule has 0 amide bonds. The third-order valence-corrected chi connectivity index (χ3v) is 7.74. The molecule has 0 aromatic carbocycles. The molecular weight excluding hydrogens is 306 g/mol. The molecule has 3 fully saturated rings. The summed E-state index contributed by atoms with van der Waals surface area (Å²) >= 11 is 0. The van der Waals surface area contributed by atoms with E-state index in [0.717, 1.165) is 18.0 Å². The van der Waals surface area contributed by atoms with Crippen LogP contribution in [0.15, 0.2) is 0 Å². The maximum absolute atomic E-state index is 2.79. The second-order valence-corrected chi connectivity index (χ2v) is 9.83. The van der Waals surface area contributed by atoms with E-state index in [9.17, 15) is 0 Å². The van der Waals surface area contributed by atoms with Gasteiger partial charge in [0.2, 0.25) is 0 Å². The largest absolute Gasteiger partial charge is 0.303 e. The van der Waals surface area contributed by atoms with E-state index in [2.05, 4.69) is 42.4 Å². The number of likely N-dealkylation sites (tertiary alicyclic amines) is 3. The lowest BCUT2D eigenvalue weighted by Gasteiger charge is -2.48. The summed E-state index contributed by atoms with van der Waals surface area (Å²) in [6.45, 7) is 18.8. The van der Waals surface area contributed by atoms with Crippen molar-refractivity contribution in [1.29, 1.82) is 0 Å². The summed E-state index contributed by atoms with van der Waals surface area (Å²) in [6, 6.07) is 1.47. The van der Waals surface area contributed by atoms with Gasteiger partial charge < -0.3 is 14.7 Å². The number of hydrogen-bond acceptors (Lipinski definition) is 3. The first-order valence-electron chi connectivity index (χ1n) is 11.2. The van der Waals surface area contributed by atoms with Gasteiger partial charge in [0.15, 0.2) is 0 Å². The molecule has 0 saturated carbocycles. The number of piperidine rings is 3. The highest BCUT2D eigenvalue weighted by Crippen LogP contribution is 2.41. The van der Waals surface area contributed by atoms with Crippen LogP contribution in [-0.2, 0) is 0 Å². The molecule has 3 nitrogen and oxygen atoms in total. The summed E-state index contributed by atoms with van der Waals surface area (Å²) in [7, 11) is 0. The summed E-state index contributed by atoms with van der Waals surface area (Å²) in [6.07, 6.45) is 10.1. The first kappa shape index (κ1) is 19.6. The summed E-state index contributed by atoms with van der Waals surface area (Å²) < 4.78 is 0. The molecule has 3 heterocycles. The Morgan fingerprint density at radius 1 is 0.720 bits per heavy atom. The molecule has 3 saturated heterocycles. The highest BCUT2D eigenvalue weighted by molar-refractivity contribution is 4.91. The predicted octanol–water partition coefficient (Wildman–Crippen LogP) is 4.08. The first-order chi connectivity index (χ1) is 12.0. The molecule has 3 aliphatic rings. The van der Waals surface area contributed by atoms with Crippen molar-refractivity contribution in [2.75, 3.05) is 45.8 Å². The van der Waals surface area contributed by atoms with Gasteiger partial charge in [-0.25, -0.2) is 0 Å². The van der Waals surface area contributed by atoms with Gasteiger partial charge in [0.25, 0.3) is 0 Å². The van der Waals surface area contributed by atoms with Crippen molar-refractivity contribution in [2.24, 2.45) is 11.3 Å². The van der Waals surface area contributed by atoms with E-state index in [1.807, 2.05) is 0 Å². The number of hydrogen-bond donors (Lipinski definition) is 0. The van der Waals surface area contributed by atoms with Crippen molar-refractivity contribution in [1.82, 2.24) is 14.7 Å². The summed E-state index contributed by atoms with van der Waals surface area (Å²) in [4.78, 5) is 8.13. The van der Waals surface area contributed by atoms with Crippen LogP contribution < -0.4 is 0 Å². The topological polar surface area (TPSA) is 9.72 Å². The zero-order valence-electron chi connectivity index (χ0n) is 17.5. The molecule has 25 heavy (non-hydrogen) atoms. The van der Waals surface area contributed by atoms with Crippen molar-refractivity contribution >= 4 is 0 Å². The molecule has 0 atom stereocenters. The highest BCUT2D eigenvalue weighted by atomic mass is 15.2. The van der Waals surface area contributed by atoms with Crippen molar-refractivity contribution < 1.29 is 0 Å². The molecule has 0 aliphatic carbocycles. The second kappa shape index (κ2) is 8.71. The molecule has 146 valence electrons. The monoisotopic (exact) mass is 349 g/mol. The average molecular weight is 350 g/mol. The molecule has 0 bridgehead atoms. The van der Waals surface area contributed by atoms with Crippen LogP contribution in [0.3, 0.4) is 0 Å². The molecule has 0 N–H and O–H groups in total. The summed E-state index contributed by atoms with van der Waals surface area (Å²) in [5, 5.41) is 0. The Kier molecular flexibility index (Phi) is 6.84. The Hall–Kier alpha value is -0.120. The van der Waals surface area contributed by atoms with E-state index in [4.69, 9.17) is 0 Å². The Morgan fingerprint density at radius 3 is 1.72 bits per heavy atom. The molecule has 3 aliphatic heterocycles. The van der Waals surface area contributed by atoms with Gasteiger partial charge in [-0.05, 0) is 130 Å². The van der Waals surface area contributed by atoms with E-state index >= 15 is 0 Å². The van der Waals surface area contributed by atoms with Crippen molar-refractivity contribution in [3.8, 4) is 0 Å². The molecule has 0 aromatic rings. The van der Waals surface area contributed by atoms with E-state index in [-0.39, 0.29) is 0 Å². The van der Waals surface area contributed by atoms with Crippen molar-refractivity contribution in [2.45, 2.75) is 84.7 Å². The van der Waals surface area contributed by atoms with Gasteiger partial charge in [0, 0.05) is 12.1 Å². The molecular formula is C22H43N3. The number of nitrogens with zero attached hydrogens (tertiary/aromatic N) is 3. The maximum Gasteiger partial charge on any atom is 0.00385 e. The molecule has 0 radical (unpaired) electrons. The van der Waals surface area contributed by atoms with Gasteiger partial charge in [-0.1, -0.05) is 0 Å². The fourth-order valence-electron chi connectivity index (χ4n) is 5.39. The van der Waals surface area contributed by atoms with Crippen LogP contribution in [0.4, 0.5) is 0 Å². The van der Waals surface area contributed by atoms with Gasteiger partial charge in [-0.3, -0.25) is 0 Å². The fraction of sp³-hybridized carbons (Fsp3) is 1.00.